The Kier molecular flexibility index (Phi) is 15.0. The summed E-state index contributed by atoms with van der Waals surface area (Å²) in [5.74, 6) is -0.0830. The molecule has 296 valence electrons. The summed E-state index contributed by atoms with van der Waals surface area (Å²) in [7, 11) is -3.82. The summed E-state index contributed by atoms with van der Waals surface area (Å²) in [4.78, 5) is 18.6. The number of hydrogen-bond acceptors (Lipinski definition) is 10. The Hall–Kier alpha value is -3.47. The number of aromatic amines is 1. The molecule has 5 rings (SSSR count). The quantitative estimate of drug-likeness (QED) is 0.116. The van der Waals surface area contributed by atoms with E-state index in [1.807, 2.05) is 4.90 Å². The van der Waals surface area contributed by atoms with Crippen molar-refractivity contribution in [2.45, 2.75) is 51.2 Å². The van der Waals surface area contributed by atoms with E-state index in [1.165, 1.54) is 53.1 Å². The third-order valence-corrected chi connectivity index (χ3v) is 10.9. The van der Waals surface area contributed by atoms with Crippen molar-refractivity contribution in [3.8, 4) is 17.2 Å². The van der Waals surface area contributed by atoms with E-state index in [9.17, 15) is 32.2 Å². The number of ether oxygens (including phenoxy) is 4. The smallest absolute Gasteiger partial charge is 0.387 e. The predicted molar refractivity (Wildman–Crippen MR) is 198 cm³/mol. The Bertz CT molecular complexity index is 1810. The van der Waals surface area contributed by atoms with Crippen molar-refractivity contribution in [3.05, 3.63) is 75.5 Å². The molecule has 0 radical (unpaired) electrons. The molecule has 54 heavy (non-hydrogen) atoms. The summed E-state index contributed by atoms with van der Waals surface area (Å²) in [5.41, 5.74) is 1.18. The number of halogens is 4. The zero-order chi connectivity index (χ0) is 38.8. The first-order valence-corrected chi connectivity index (χ1v) is 20.4. The lowest BCUT2D eigenvalue weighted by Gasteiger charge is -2.27. The van der Waals surface area contributed by atoms with Gasteiger partial charge in [-0.05, 0) is 79.8 Å². The summed E-state index contributed by atoms with van der Waals surface area (Å²) in [6.07, 6.45) is 7.36. The molecule has 3 aromatic rings. The molecule has 1 heterocycles. The summed E-state index contributed by atoms with van der Waals surface area (Å²) in [5, 5.41) is 19.3. The molecule has 2 saturated carbocycles. The molecule has 2 aromatic carbocycles. The highest BCUT2D eigenvalue weighted by Gasteiger charge is 2.29. The molecular weight excluding hydrogens is 771 g/mol. The molecule has 2 aliphatic rings. The lowest BCUT2D eigenvalue weighted by molar-refractivity contribution is -0.377. The minimum atomic E-state index is -3.82. The third kappa shape index (κ3) is 12.3. The van der Waals surface area contributed by atoms with E-state index in [0.717, 1.165) is 31.9 Å². The Morgan fingerprint density at radius 3 is 2.09 bits per heavy atom. The van der Waals surface area contributed by atoms with Gasteiger partial charge in [-0.2, -0.15) is 8.78 Å². The molecule has 12 nitrogen and oxygen atoms in total. The third-order valence-electron chi connectivity index (χ3n) is 9.07. The first-order chi connectivity index (χ1) is 25.9. The molecule has 0 spiro atoms. The highest BCUT2D eigenvalue weighted by atomic mass is 35.5. The number of aromatic nitrogens is 1. The summed E-state index contributed by atoms with van der Waals surface area (Å²) in [6, 6.07) is 8.71. The lowest BCUT2D eigenvalue weighted by atomic mass is 10.0. The number of H-pyrrole nitrogens is 1. The van der Waals surface area contributed by atoms with Crippen LogP contribution in [0, 0.1) is 11.8 Å². The SMILES string of the molecule is CS(=O)(=O)N(CCCN(CCO)CCO)c1ccc(C(=O)O[C@@H](Cc2c(Cl)c[nH+]cc2Cl)c2ccc(OC(F)F)c(OCC3CC3)c2)cc1OCC1CC1. The van der Waals surface area contributed by atoms with Gasteiger partial charge in [0.15, 0.2) is 23.9 Å². The van der Waals surface area contributed by atoms with Crippen LogP contribution in [-0.4, -0.2) is 95.0 Å². The molecule has 1 aromatic heterocycles. The molecule has 1 atom stereocenters. The molecule has 3 N–H and O–H groups in total. The number of anilines is 1. The van der Waals surface area contributed by atoms with E-state index in [4.69, 9.17) is 42.1 Å². The van der Waals surface area contributed by atoms with E-state index in [0.29, 0.717) is 62.2 Å². The van der Waals surface area contributed by atoms with Crippen molar-refractivity contribution in [1.29, 1.82) is 0 Å². The topological polar surface area (TPSA) is 149 Å². The van der Waals surface area contributed by atoms with Crippen molar-refractivity contribution >= 4 is 44.9 Å². The number of nitrogens with one attached hydrogen (secondary N) is 1. The second-order valence-electron chi connectivity index (χ2n) is 13.5. The van der Waals surface area contributed by atoms with E-state index in [1.54, 1.807) is 0 Å². The maximum Gasteiger partial charge on any atom is 0.387 e. The van der Waals surface area contributed by atoms with E-state index in [2.05, 4.69) is 4.98 Å². The van der Waals surface area contributed by atoms with Crippen LogP contribution in [0.5, 0.6) is 17.2 Å². The fraction of sp³-hybridized carbons (Fsp3) is 0.514. The second-order valence-corrected chi connectivity index (χ2v) is 16.2. The highest BCUT2D eigenvalue weighted by Crippen LogP contribution is 2.39. The largest absolute Gasteiger partial charge is 0.491 e. The molecule has 2 fully saturated rings. The van der Waals surface area contributed by atoms with Crippen LogP contribution in [0.2, 0.25) is 10.0 Å². The Morgan fingerprint density at radius 1 is 0.889 bits per heavy atom. The van der Waals surface area contributed by atoms with Crippen molar-refractivity contribution in [2.75, 3.05) is 63.2 Å². The second kappa shape index (κ2) is 19.4. The predicted octanol–water partition coefficient (Wildman–Crippen LogP) is 5.57. The molecule has 0 bridgehead atoms. The highest BCUT2D eigenvalue weighted by molar-refractivity contribution is 7.92. The standard InChI is InChI=1S/C37H45Cl2F2N3O9S/c1-54(48,49)44(12-2-11-43(13-15-45)14-16-46)31-9-7-27(18-34(31)50-22-24-3-4-24)36(47)52-33(19-28-29(38)20-42-21-30(28)39)26-8-10-32(53-37(40)41)35(17-26)51-23-25-5-6-25/h7-10,17-18,20-21,24-25,33,37,45-46H,2-6,11-16,19,22-23H2,1H3/p+1/t33-/m0/s1. The van der Waals surface area contributed by atoms with Crippen molar-refractivity contribution in [1.82, 2.24) is 4.90 Å². The monoisotopic (exact) mass is 816 g/mol. The molecule has 0 unspecified atom stereocenters. The van der Waals surface area contributed by atoms with Gasteiger partial charge in [-0.15, -0.1) is 0 Å². The fourth-order valence-electron chi connectivity index (χ4n) is 5.78. The summed E-state index contributed by atoms with van der Waals surface area (Å²) in [6.45, 7) is -1.51. The van der Waals surface area contributed by atoms with Gasteiger partial charge in [0.25, 0.3) is 0 Å². The normalized spacial score (nSPS) is 15.0. The van der Waals surface area contributed by atoms with Crippen molar-refractivity contribution in [2.24, 2.45) is 11.8 Å². The van der Waals surface area contributed by atoms with E-state index >= 15 is 0 Å². The first kappa shape index (κ1) is 41.7. The van der Waals surface area contributed by atoms with Crippen LogP contribution in [-0.2, 0) is 21.2 Å². The number of aliphatic hydroxyl groups is 2. The zero-order valence-corrected chi connectivity index (χ0v) is 32.2. The van der Waals surface area contributed by atoms with Crippen LogP contribution in [0.25, 0.3) is 0 Å². The molecule has 0 aliphatic heterocycles. The minimum absolute atomic E-state index is 0.00373. The van der Waals surface area contributed by atoms with Gasteiger partial charge < -0.3 is 29.2 Å². The van der Waals surface area contributed by atoms with Gasteiger partial charge in [0.05, 0.1) is 43.9 Å². The zero-order valence-electron chi connectivity index (χ0n) is 29.9. The van der Waals surface area contributed by atoms with Gasteiger partial charge in [-0.3, -0.25) is 9.21 Å². The molecule has 0 amide bonds. The summed E-state index contributed by atoms with van der Waals surface area (Å²) < 4.78 is 76.9. The van der Waals surface area contributed by atoms with Crippen LogP contribution in [0.15, 0.2) is 48.8 Å². The minimum Gasteiger partial charge on any atom is -0.491 e. The van der Waals surface area contributed by atoms with E-state index in [-0.39, 0.29) is 64.7 Å². The first-order valence-electron chi connectivity index (χ1n) is 17.8. The summed E-state index contributed by atoms with van der Waals surface area (Å²) >= 11 is 13.0. The number of sulfonamides is 1. The van der Waals surface area contributed by atoms with E-state index < -0.39 is 28.7 Å². The van der Waals surface area contributed by atoms with Gasteiger partial charge in [-0.1, -0.05) is 29.3 Å². The number of carbonyl (C=O) groups excluding carboxylic acids is 1. The molecule has 2 aliphatic carbocycles. The van der Waals surface area contributed by atoms with Crippen molar-refractivity contribution < 1.29 is 56.1 Å². The number of rotatable bonds is 23. The van der Waals surface area contributed by atoms with Gasteiger partial charge >= 0.3 is 12.6 Å². The number of benzene rings is 2. The molecular formula is C37H46Cl2F2N3O9S+. The Balaban J connectivity index is 1.45. The number of nitrogens with zero attached hydrogens (tertiary/aromatic N) is 2. The lowest BCUT2D eigenvalue weighted by Crippen LogP contribution is -2.36. The van der Waals surface area contributed by atoms with Gasteiger partial charge in [0, 0.05) is 38.2 Å². The molecule has 0 saturated heterocycles. The van der Waals surface area contributed by atoms with Gasteiger partial charge in [-0.25, -0.2) is 18.2 Å². The fourth-order valence-corrected chi connectivity index (χ4v) is 7.28. The Labute approximate surface area is 323 Å². The number of pyridine rings is 1. The van der Waals surface area contributed by atoms with Crippen LogP contribution in [0.4, 0.5) is 14.5 Å². The number of esters is 1. The maximum absolute atomic E-state index is 14.0. The number of aliphatic hydroxyl groups excluding tert-OH is 2. The number of carbonyl (C=O) groups is 1. The number of alkyl halides is 2. The maximum atomic E-state index is 14.0. The Morgan fingerprint density at radius 2 is 1.52 bits per heavy atom. The number of hydrogen-bond donors (Lipinski definition) is 2. The van der Waals surface area contributed by atoms with Crippen LogP contribution in [0.3, 0.4) is 0 Å². The average Bonchev–Trinajstić information content (AvgIpc) is 4.06. The average molecular weight is 818 g/mol. The van der Waals surface area contributed by atoms with Crippen LogP contribution < -0.4 is 23.5 Å². The van der Waals surface area contributed by atoms with Gasteiger partial charge in [0.1, 0.15) is 21.9 Å². The van der Waals surface area contributed by atoms with Crippen molar-refractivity contribution in [3.63, 3.8) is 0 Å². The van der Waals surface area contributed by atoms with Crippen LogP contribution >= 0.6 is 23.2 Å². The van der Waals surface area contributed by atoms with Crippen LogP contribution in [0.1, 0.15) is 59.7 Å². The van der Waals surface area contributed by atoms with Gasteiger partial charge in [0.2, 0.25) is 10.0 Å². The molecule has 17 heteroatoms.